The third-order valence-electron chi connectivity index (χ3n) is 1.93. The Morgan fingerprint density at radius 3 is 2.79 bits per heavy atom. The molecule has 0 aromatic carbocycles. The molecule has 1 atom stereocenters. The Balaban J connectivity index is 2.15. The van der Waals surface area contributed by atoms with Crippen LogP contribution in [0.3, 0.4) is 0 Å². The van der Waals surface area contributed by atoms with Gasteiger partial charge in [0.25, 0.3) is 0 Å². The zero-order chi connectivity index (χ0) is 10.6. The summed E-state index contributed by atoms with van der Waals surface area (Å²) in [6, 6.07) is 0.172. The van der Waals surface area contributed by atoms with E-state index in [4.69, 9.17) is 9.47 Å². The van der Waals surface area contributed by atoms with Crippen molar-refractivity contribution in [2.24, 2.45) is 0 Å². The predicted molar refractivity (Wildman–Crippen MR) is 53.1 cm³/mol. The highest BCUT2D eigenvalue weighted by Crippen LogP contribution is 2.06. The highest BCUT2D eigenvalue weighted by atomic mass is 16.5. The molecule has 14 heavy (non-hydrogen) atoms. The molecule has 0 spiro atoms. The molecule has 1 fully saturated rings. The first kappa shape index (κ1) is 11.5. The number of carbonyl (C=O) groups is 1. The minimum atomic E-state index is -0.260. The lowest BCUT2D eigenvalue weighted by Crippen LogP contribution is -2.39. The van der Waals surface area contributed by atoms with Gasteiger partial charge in [0, 0.05) is 6.61 Å². The summed E-state index contributed by atoms with van der Waals surface area (Å²) in [6.07, 6.45) is 0.904. The summed E-state index contributed by atoms with van der Waals surface area (Å²) in [5, 5.41) is 2.86. The van der Waals surface area contributed by atoms with Gasteiger partial charge in [-0.05, 0) is 27.2 Å². The molecule has 1 aliphatic rings. The predicted octanol–water partition coefficient (Wildman–Crippen LogP) is 0.707. The van der Waals surface area contributed by atoms with E-state index >= 15 is 0 Å². The Hall–Kier alpha value is -0.610. The van der Waals surface area contributed by atoms with Crippen molar-refractivity contribution in [3.8, 4) is 0 Å². The molecule has 1 saturated heterocycles. The minimum Gasteiger partial charge on any atom is -0.379 e. The number of hydrogen-bond acceptors (Lipinski definition) is 3. The summed E-state index contributed by atoms with van der Waals surface area (Å²) in [7, 11) is 0. The molecule has 1 rings (SSSR count). The van der Waals surface area contributed by atoms with Crippen molar-refractivity contribution in [1.82, 2.24) is 5.32 Å². The molecule has 1 amide bonds. The van der Waals surface area contributed by atoms with E-state index in [-0.39, 0.29) is 24.2 Å². The maximum Gasteiger partial charge on any atom is 0.246 e. The molecule has 4 heteroatoms. The van der Waals surface area contributed by atoms with Crippen molar-refractivity contribution < 1.29 is 14.3 Å². The van der Waals surface area contributed by atoms with E-state index in [1.807, 2.05) is 20.8 Å². The van der Waals surface area contributed by atoms with Gasteiger partial charge < -0.3 is 14.8 Å². The van der Waals surface area contributed by atoms with E-state index in [2.05, 4.69) is 5.32 Å². The van der Waals surface area contributed by atoms with Crippen LogP contribution in [0.25, 0.3) is 0 Å². The fraction of sp³-hybridized carbons (Fsp3) is 0.900. The number of nitrogens with one attached hydrogen (secondary N) is 1. The Morgan fingerprint density at radius 1 is 1.57 bits per heavy atom. The second-order valence-corrected chi connectivity index (χ2v) is 4.53. The summed E-state index contributed by atoms with van der Waals surface area (Å²) < 4.78 is 10.5. The highest BCUT2D eigenvalue weighted by Gasteiger charge is 2.19. The topological polar surface area (TPSA) is 47.6 Å². The van der Waals surface area contributed by atoms with Gasteiger partial charge in [0.1, 0.15) is 6.61 Å². The summed E-state index contributed by atoms with van der Waals surface area (Å²) >= 11 is 0. The summed E-state index contributed by atoms with van der Waals surface area (Å²) in [4.78, 5) is 11.4. The van der Waals surface area contributed by atoms with Gasteiger partial charge in [0.05, 0.1) is 18.2 Å². The lowest BCUT2D eigenvalue weighted by molar-refractivity contribution is -0.131. The van der Waals surface area contributed by atoms with Crippen LogP contribution < -0.4 is 5.32 Å². The highest BCUT2D eigenvalue weighted by molar-refractivity contribution is 5.77. The van der Waals surface area contributed by atoms with Gasteiger partial charge in [0.2, 0.25) is 5.91 Å². The summed E-state index contributed by atoms with van der Waals surface area (Å²) in [5.74, 6) is -0.0598. The minimum absolute atomic E-state index is 0.0598. The lowest BCUT2D eigenvalue weighted by atomic mass is 10.2. The molecule has 0 aromatic heterocycles. The maximum atomic E-state index is 11.4. The monoisotopic (exact) mass is 201 g/mol. The van der Waals surface area contributed by atoms with E-state index in [1.54, 1.807) is 0 Å². The van der Waals surface area contributed by atoms with E-state index < -0.39 is 0 Å². The van der Waals surface area contributed by atoms with Crippen LogP contribution in [-0.2, 0) is 14.3 Å². The van der Waals surface area contributed by atoms with Gasteiger partial charge in [0.15, 0.2) is 0 Å². The number of ether oxygens (including phenoxy) is 2. The van der Waals surface area contributed by atoms with Crippen LogP contribution in [0.4, 0.5) is 0 Å². The second kappa shape index (κ2) is 4.75. The van der Waals surface area contributed by atoms with Gasteiger partial charge in [-0.25, -0.2) is 0 Å². The molecule has 1 unspecified atom stereocenters. The van der Waals surface area contributed by atoms with Crippen LogP contribution >= 0.6 is 0 Å². The Bertz CT molecular complexity index is 192. The molecule has 4 nitrogen and oxygen atoms in total. The summed E-state index contributed by atoms with van der Waals surface area (Å²) in [5.41, 5.74) is -0.260. The van der Waals surface area contributed by atoms with Crippen molar-refractivity contribution in [2.45, 2.75) is 38.8 Å². The quantitative estimate of drug-likeness (QED) is 0.731. The molecular weight excluding hydrogens is 182 g/mol. The number of carbonyl (C=O) groups excluding carboxylic acids is 1. The van der Waals surface area contributed by atoms with E-state index in [0.717, 1.165) is 13.0 Å². The normalized spacial score (nSPS) is 22.4. The number of hydrogen-bond donors (Lipinski definition) is 1. The molecule has 0 aliphatic carbocycles. The molecule has 0 saturated carbocycles. The first-order chi connectivity index (χ1) is 6.47. The van der Waals surface area contributed by atoms with Crippen molar-refractivity contribution in [1.29, 1.82) is 0 Å². The molecule has 1 N–H and O–H groups in total. The first-order valence-corrected chi connectivity index (χ1v) is 4.98. The van der Waals surface area contributed by atoms with Gasteiger partial charge in [-0.1, -0.05) is 0 Å². The fourth-order valence-electron chi connectivity index (χ4n) is 1.20. The lowest BCUT2D eigenvalue weighted by Gasteiger charge is -2.19. The molecule has 82 valence electrons. The van der Waals surface area contributed by atoms with Gasteiger partial charge >= 0.3 is 0 Å². The number of rotatable bonds is 3. The van der Waals surface area contributed by atoms with Gasteiger partial charge in [-0.2, -0.15) is 0 Å². The van der Waals surface area contributed by atoms with E-state index in [0.29, 0.717) is 6.61 Å². The average molecular weight is 201 g/mol. The molecular formula is C10H19NO3. The van der Waals surface area contributed by atoms with Crippen LogP contribution in [0.1, 0.15) is 27.2 Å². The number of amides is 1. The second-order valence-electron chi connectivity index (χ2n) is 4.53. The molecule has 0 aromatic rings. The molecule has 0 bridgehead atoms. The standard InChI is InChI=1S/C10H19NO3/c1-10(2,3)14-7-9(12)11-8-4-5-13-6-8/h8H,4-7H2,1-3H3,(H,11,12). The van der Waals surface area contributed by atoms with Crippen molar-refractivity contribution in [3.05, 3.63) is 0 Å². The Morgan fingerprint density at radius 2 is 2.29 bits per heavy atom. The van der Waals surface area contributed by atoms with Crippen LogP contribution in [0.5, 0.6) is 0 Å². The third kappa shape index (κ3) is 4.58. The molecule has 1 heterocycles. The van der Waals surface area contributed by atoms with Crippen LogP contribution in [0.2, 0.25) is 0 Å². The average Bonchev–Trinajstić information content (AvgIpc) is 2.52. The van der Waals surface area contributed by atoms with Crippen LogP contribution in [0.15, 0.2) is 0 Å². The van der Waals surface area contributed by atoms with Crippen LogP contribution in [0, 0.1) is 0 Å². The summed E-state index contributed by atoms with van der Waals surface area (Å²) in [6.45, 7) is 7.28. The first-order valence-electron chi connectivity index (χ1n) is 4.98. The fourth-order valence-corrected chi connectivity index (χ4v) is 1.20. The largest absolute Gasteiger partial charge is 0.379 e. The Labute approximate surface area is 85.0 Å². The Kier molecular flexibility index (Phi) is 3.89. The van der Waals surface area contributed by atoms with E-state index in [1.165, 1.54) is 0 Å². The molecule has 0 radical (unpaired) electrons. The van der Waals surface area contributed by atoms with Gasteiger partial charge in [-0.3, -0.25) is 4.79 Å². The molecule has 1 aliphatic heterocycles. The van der Waals surface area contributed by atoms with Gasteiger partial charge in [-0.15, -0.1) is 0 Å². The maximum absolute atomic E-state index is 11.4. The third-order valence-corrected chi connectivity index (χ3v) is 1.93. The van der Waals surface area contributed by atoms with Crippen molar-refractivity contribution in [2.75, 3.05) is 19.8 Å². The smallest absolute Gasteiger partial charge is 0.246 e. The zero-order valence-electron chi connectivity index (χ0n) is 9.13. The van der Waals surface area contributed by atoms with Crippen molar-refractivity contribution in [3.63, 3.8) is 0 Å². The SMILES string of the molecule is CC(C)(C)OCC(=O)NC1CCOC1. The van der Waals surface area contributed by atoms with Crippen LogP contribution in [-0.4, -0.2) is 37.4 Å². The zero-order valence-corrected chi connectivity index (χ0v) is 9.13. The van der Waals surface area contributed by atoms with Crippen molar-refractivity contribution >= 4 is 5.91 Å². The van der Waals surface area contributed by atoms with E-state index in [9.17, 15) is 4.79 Å².